The zero-order chi connectivity index (χ0) is 16.5. The second-order valence-corrected chi connectivity index (χ2v) is 5.62. The molecule has 2 aromatic carbocycles. The zero-order valence-corrected chi connectivity index (χ0v) is 12.8. The Balaban J connectivity index is 1.67. The van der Waals surface area contributed by atoms with Crippen LogP contribution >= 0.6 is 0 Å². The van der Waals surface area contributed by atoms with E-state index >= 15 is 0 Å². The van der Waals surface area contributed by atoms with Crippen molar-refractivity contribution in [3.63, 3.8) is 0 Å². The maximum atomic E-state index is 11.4. The minimum atomic E-state index is -0.959. The number of para-hydroxylation sites is 2. The van der Waals surface area contributed by atoms with E-state index in [1.165, 1.54) is 5.39 Å². The number of hydrogen-bond acceptors (Lipinski definition) is 2. The maximum Gasteiger partial charge on any atom is 0.337 e. The fraction of sp³-hybridized carbons (Fsp3) is 0.0526. The van der Waals surface area contributed by atoms with Crippen molar-refractivity contribution in [2.24, 2.45) is 0 Å². The van der Waals surface area contributed by atoms with E-state index in [0.717, 1.165) is 11.1 Å². The van der Waals surface area contributed by atoms with Gasteiger partial charge in [-0.05, 0) is 29.7 Å². The molecular formula is C19H15N3O2. The standard InChI is InChI=1S/C19H15N3O2/c23-19(24)16-6-2-4-8-18(16)22-13-14(11-20-22)12-21-10-9-15-5-1-3-7-17(15)21/h1-11,13H,12H2,(H,23,24). The van der Waals surface area contributed by atoms with E-state index in [9.17, 15) is 9.90 Å². The molecule has 0 amide bonds. The molecule has 0 aliphatic carbocycles. The fourth-order valence-corrected chi connectivity index (χ4v) is 2.90. The van der Waals surface area contributed by atoms with Crippen LogP contribution in [0.1, 0.15) is 15.9 Å². The van der Waals surface area contributed by atoms with E-state index in [4.69, 9.17) is 0 Å². The minimum absolute atomic E-state index is 0.235. The van der Waals surface area contributed by atoms with Crippen LogP contribution < -0.4 is 0 Å². The van der Waals surface area contributed by atoms with Gasteiger partial charge >= 0.3 is 5.97 Å². The average molecular weight is 317 g/mol. The smallest absolute Gasteiger partial charge is 0.337 e. The molecule has 0 spiro atoms. The van der Waals surface area contributed by atoms with Crippen LogP contribution in [-0.2, 0) is 6.54 Å². The highest BCUT2D eigenvalue weighted by Gasteiger charge is 2.12. The molecule has 24 heavy (non-hydrogen) atoms. The van der Waals surface area contributed by atoms with E-state index in [-0.39, 0.29) is 5.56 Å². The first kappa shape index (κ1) is 14.3. The first-order valence-electron chi connectivity index (χ1n) is 7.62. The lowest BCUT2D eigenvalue weighted by molar-refractivity contribution is 0.0696. The lowest BCUT2D eigenvalue weighted by Gasteiger charge is -2.05. The van der Waals surface area contributed by atoms with E-state index < -0.39 is 5.97 Å². The van der Waals surface area contributed by atoms with E-state index in [2.05, 4.69) is 27.9 Å². The van der Waals surface area contributed by atoms with Crippen LogP contribution in [0.25, 0.3) is 16.6 Å². The number of rotatable bonds is 4. The number of carboxylic acid groups (broad SMARTS) is 1. The summed E-state index contributed by atoms with van der Waals surface area (Å²) in [7, 11) is 0. The normalized spacial score (nSPS) is 11.0. The summed E-state index contributed by atoms with van der Waals surface area (Å²) in [6.45, 7) is 0.683. The number of carboxylic acids is 1. The van der Waals surface area contributed by atoms with Crippen molar-refractivity contribution in [3.05, 3.63) is 84.3 Å². The van der Waals surface area contributed by atoms with Gasteiger partial charge in [0.15, 0.2) is 0 Å². The molecule has 0 saturated carbocycles. The number of aromatic nitrogens is 3. The third-order valence-electron chi connectivity index (χ3n) is 4.05. The summed E-state index contributed by atoms with van der Waals surface area (Å²) in [5.74, 6) is -0.959. The van der Waals surface area contributed by atoms with Gasteiger partial charge < -0.3 is 9.67 Å². The molecule has 2 heterocycles. The molecule has 0 bridgehead atoms. The third-order valence-corrected chi connectivity index (χ3v) is 4.05. The predicted octanol–water partition coefficient (Wildman–Crippen LogP) is 3.57. The highest BCUT2D eigenvalue weighted by molar-refractivity contribution is 5.91. The Hall–Kier alpha value is -3.34. The molecule has 0 unspecified atom stereocenters. The number of nitrogens with zero attached hydrogens (tertiary/aromatic N) is 3. The highest BCUT2D eigenvalue weighted by Crippen LogP contribution is 2.18. The van der Waals surface area contributed by atoms with Crippen LogP contribution in [0.5, 0.6) is 0 Å². The zero-order valence-electron chi connectivity index (χ0n) is 12.8. The Kier molecular flexibility index (Phi) is 3.39. The molecule has 0 radical (unpaired) electrons. The minimum Gasteiger partial charge on any atom is -0.478 e. The van der Waals surface area contributed by atoms with Gasteiger partial charge in [0.2, 0.25) is 0 Å². The molecular weight excluding hydrogens is 302 g/mol. The van der Waals surface area contributed by atoms with E-state index in [0.29, 0.717) is 12.2 Å². The van der Waals surface area contributed by atoms with Gasteiger partial charge in [0, 0.05) is 23.5 Å². The molecule has 2 aromatic heterocycles. The van der Waals surface area contributed by atoms with Crippen molar-refractivity contribution in [2.45, 2.75) is 6.54 Å². The topological polar surface area (TPSA) is 60.0 Å². The van der Waals surface area contributed by atoms with E-state index in [1.54, 1.807) is 29.1 Å². The van der Waals surface area contributed by atoms with Crippen LogP contribution in [0.2, 0.25) is 0 Å². The monoisotopic (exact) mass is 317 g/mol. The number of aromatic carboxylic acids is 1. The fourth-order valence-electron chi connectivity index (χ4n) is 2.90. The van der Waals surface area contributed by atoms with Crippen molar-refractivity contribution in [3.8, 4) is 5.69 Å². The predicted molar refractivity (Wildman–Crippen MR) is 91.6 cm³/mol. The Labute approximate surface area is 138 Å². The number of hydrogen-bond donors (Lipinski definition) is 1. The molecule has 118 valence electrons. The summed E-state index contributed by atoms with van der Waals surface area (Å²) < 4.78 is 3.77. The molecule has 5 heteroatoms. The second kappa shape index (κ2) is 5.70. The van der Waals surface area contributed by atoms with Crippen molar-refractivity contribution in [1.29, 1.82) is 0 Å². The average Bonchev–Trinajstić information content (AvgIpc) is 3.23. The largest absolute Gasteiger partial charge is 0.478 e. The van der Waals surface area contributed by atoms with Crippen LogP contribution in [0.15, 0.2) is 73.2 Å². The summed E-state index contributed by atoms with van der Waals surface area (Å²) in [5, 5.41) is 14.8. The molecule has 4 aromatic rings. The van der Waals surface area contributed by atoms with Crippen molar-refractivity contribution < 1.29 is 9.90 Å². The summed E-state index contributed by atoms with van der Waals surface area (Å²) in [4.78, 5) is 11.4. The Morgan fingerprint density at radius 2 is 1.83 bits per heavy atom. The molecule has 5 nitrogen and oxygen atoms in total. The van der Waals surface area contributed by atoms with Crippen molar-refractivity contribution in [1.82, 2.24) is 14.3 Å². The first-order valence-corrected chi connectivity index (χ1v) is 7.62. The van der Waals surface area contributed by atoms with Crippen LogP contribution in [-0.4, -0.2) is 25.4 Å². The summed E-state index contributed by atoms with van der Waals surface area (Å²) >= 11 is 0. The van der Waals surface area contributed by atoms with Gasteiger partial charge in [-0.15, -0.1) is 0 Å². The van der Waals surface area contributed by atoms with E-state index in [1.807, 2.05) is 30.6 Å². The Bertz CT molecular complexity index is 1030. The maximum absolute atomic E-state index is 11.4. The lowest BCUT2D eigenvalue weighted by atomic mass is 10.2. The van der Waals surface area contributed by atoms with Crippen LogP contribution in [0.3, 0.4) is 0 Å². The van der Waals surface area contributed by atoms with Gasteiger partial charge in [-0.1, -0.05) is 30.3 Å². The Morgan fingerprint density at radius 3 is 2.71 bits per heavy atom. The Morgan fingerprint density at radius 1 is 1.04 bits per heavy atom. The van der Waals surface area contributed by atoms with Gasteiger partial charge in [0.05, 0.1) is 24.0 Å². The highest BCUT2D eigenvalue weighted by atomic mass is 16.4. The van der Waals surface area contributed by atoms with Crippen molar-refractivity contribution >= 4 is 16.9 Å². The number of benzene rings is 2. The van der Waals surface area contributed by atoms with Gasteiger partial charge in [-0.25, -0.2) is 9.48 Å². The molecule has 0 saturated heterocycles. The quantitative estimate of drug-likeness (QED) is 0.626. The summed E-state index contributed by atoms with van der Waals surface area (Å²) in [6.07, 6.45) is 5.69. The molecule has 0 aliphatic rings. The van der Waals surface area contributed by atoms with Gasteiger partial charge in [-0.2, -0.15) is 5.10 Å². The molecule has 0 aliphatic heterocycles. The summed E-state index contributed by atoms with van der Waals surface area (Å²) in [6, 6.07) is 17.1. The van der Waals surface area contributed by atoms with Gasteiger partial charge in [0.25, 0.3) is 0 Å². The molecule has 0 fully saturated rings. The second-order valence-electron chi connectivity index (χ2n) is 5.62. The molecule has 0 atom stereocenters. The van der Waals surface area contributed by atoms with Crippen molar-refractivity contribution in [2.75, 3.05) is 0 Å². The summed E-state index contributed by atoms with van der Waals surface area (Å²) in [5.41, 5.74) is 2.97. The van der Waals surface area contributed by atoms with Gasteiger partial charge in [-0.3, -0.25) is 0 Å². The third kappa shape index (κ3) is 2.46. The van der Waals surface area contributed by atoms with Crippen LogP contribution in [0.4, 0.5) is 0 Å². The van der Waals surface area contributed by atoms with Gasteiger partial charge in [0.1, 0.15) is 0 Å². The molecule has 1 N–H and O–H groups in total. The molecule has 4 rings (SSSR count). The number of fused-ring (bicyclic) bond motifs is 1. The first-order chi connectivity index (χ1) is 11.7. The number of carbonyl (C=O) groups is 1. The SMILES string of the molecule is O=C(O)c1ccccc1-n1cc(Cn2ccc3ccccc32)cn1. The lowest BCUT2D eigenvalue weighted by Crippen LogP contribution is -2.05. The van der Waals surface area contributed by atoms with Crippen LogP contribution in [0, 0.1) is 0 Å².